The van der Waals surface area contributed by atoms with Gasteiger partial charge >= 0.3 is 0 Å². The van der Waals surface area contributed by atoms with Gasteiger partial charge in [-0.05, 0) is 64.3 Å². The molecule has 0 heterocycles. The van der Waals surface area contributed by atoms with Gasteiger partial charge in [-0.2, -0.15) is 0 Å². The molecule has 0 bridgehead atoms. The van der Waals surface area contributed by atoms with Crippen molar-refractivity contribution in [2.45, 2.75) is 12.5 Å². The highest BCUT2D eigenvalue weighted by atomic mass is 79.9. The number of aliphatic hydroxyl groups is 1. The fourth-order valence-corrected chi connectivity index (χ4v) is 4.02. The minimum Gasteiger partial charge on any atom is -0.394 e. The van der Waals surface area contributed by atoms with E-state index in [1.165, 1.54) is 0 Å². The topological polar surface area (TPSA) is 78.4 Å². The van der Waals surface area contributed by atoms with Crippen molar-refractivity contribution in [1.29, 1.82) is 0 Å². The van der Waals surface area contributed by atoms with Crippen LogP contribution in [-0.4, -0.2) is 29.6 Å². The highest BCUT2D eigenvalue weighted by molar-refractivity contribution is 9.10. The van der Waals surface area contributed by atoms with Crippen molar-refractivity contribution in [1.82, 2.24) is 5.32 Å². The monoisotopic (exact) mass is 520 g/mol. The molecule has 0 fully saturated rings. The Hall–Kier alpha value is -2.38. The van der Waals surface area contributed by atoms with Crippen LogP contribution in [0.2, 0.25) is 10.0 Å². The molecule has 0 aliphatic rings. The van der Waals surface area contributed by atoms with Gasteiger partial charge in [-0.1, -0.05) is 53.5 Å². The molecule has 0 aromatic heterocycles. The SMILES string of the molecule is O=C(NC(CO)Cc1ccc(NC(=O)c2c(Cl)cccc2Cl)cc1)c1ccccc1Br. The van der Waals surface area contributed by atoms with Crippen molar-refractivity contribution in [2.75, 3.05) is 11.9 Å². The summed E-state index contributed by atoms with van der Waals surface area (Å²) in [6.07, 6.45) is 0.428. The van der Waals surface area contributed by atoms with Gasteiger partial charge in [0, 0.05) is 10.2 Å². The first-order valence-electron chi connectivity index (χ1n) is 9.39. The Labute approximate surface area is 198 Å². The second-order valence-corrected chi connectivity index (χ2v) is 8.45. The van der Waals surface area contributed by atoms with Gasteiger partial charge in [0.2, 0.25) is 0 Å². The van der Waals surface area contributed by atoms with Gasteiger partial charge in [-0.25, -0.2) is 0 Å². The molecular formula is C23H19BrCl2N2O3. The first kappa shape index (κ1) is 23.3. The van der Waals surface area contributed by atoms with Crippen molar-refractivity contribution < 1.29 is 14.7 Å². The molecule has 1 unspecified atom stereocenters. The van der Waals surface area contributed by atoms with E-state index in [0.717, 1.165) is 5.56 Å². The molecule has 0 aliphatic carbocycles. The first-order valence-corrected chi connectivity index (χ1v) is 10.9. The third kappa shape index (κ3) is 6.08. The Morgan fingerprint density at radius 1 is 0.903 bits per heavy atom. The predicted octanol–water partition coefficient (Wildman–Crippen LogP) is 5.34. The summed E-state index contributed by atoms with van der Waals surface area (Å²) in [5, 5.41) is 15.8. The minimum absolute atomic E-state index is 0.209. The number of aliphatic hydroxyl groups excluding tert-OH is 1. The van der Waals surface area contributed by atoms with Crippen LogP contribution in [0.4, 0.5) is 5.69 Å². The molecule has 3 aromatic rings. The van der Waals surface area contributed by atoms with E-state index in [2.05, 4.69) is 26.6 Å². The molecular weight excluding hydrogens is 503 g/mol. The van der Waals surface area contributed by atoms with E-state index in [1.807, 2.05) is 18.2 Å². The molecule has 31 heavy (non-hydrogen) atoms. The van der Waals surface area contributed by atoms with Crippen LogP contribution in [0.3, 0.4) is 0 Å². The van der Waals surface area contributed by atoms with Crippen molar-refractivity contribution in [3.63, 3.8) is 0 Å². The number of nitrogens with one attached hydrogen (secondary N) is 2. The zero-order chi connectivity index (χ0) is 22.4. The lowest BCUT2D eigenvalue weighted by Gasteiger charge is -2.17. The Balaban J connectivity index is 1.63. The van der Waals surface area contributed by atoms with Gasteiger partial charge in [0.1, 0.15) is 0 Å². The van der Waals surface area contributed by atoms with E-state index in [9.17, 15) is 14.7 Å². The Bertz CT molecular complexity index is 1070. The second-order valence-electron chi connectivity index (χ2n) is 6.78. The summed E-state index contributed by atoms with van der Waals surface area (Å²) in [6, 6.07) is 18.6. The summed E-state index contributed by atoms with van der Waals surface area (Å²) < 4.78 is 0.683. The summed E-state index contributed by atoms with van der Waals surface area (Å²) in [4.78, 5) is 25.0. The normalized spacial score (nSPS) is 11.6. The zero-order valence-electron chi connectivity index (χ0n) is 16.2. The third-order valence-corrected chi connectivity index (χ3v) is 5.88. The maximum Gasteiger partial charge on any atom is 0.258 e. The first-order chi connectivity index (χ1) is 14.9. The summed E-state index contributed by atoms with van der Waals surface area (Å²) >= 11 is 15.5. The Morgan fingerprint density at radius 3 is 2.16 bits per heavy atom. The molecule has 8 heteroatoms. The molecule has 2 amide bonds. The molecule has 5 nitrogen and oxygen atoms in total. The number of carbonyl (C=O) groups excluding carboxylic acids is 2. The van der Waals surface area contributed by atoms with Crippen LogP contribution in [0.5, 0.6) is 0 Å². The van der Waals surface area contributed by atoms with Crippen LogP contribution in [0, 0.1) is 0 Å². The fourth-order valence-electron chi connectivity index (χ4n) is 2.99. The lowest BCUT2D eigenvalue weighted by atomic mass is 10.1. The van der Waals surface area contributed by atoms with Crippen molar-refractivity contribution in [2.24, 2.45) is 0 Å². The number of hydrogen-bond acceptors (Lipinski definition) is 3. The van der Waals surface area contributed by atoms with Crippen LogP contribution < -0.4 is 10.6 Å². The van der Waals surface area contributed by atoms with Gasteiger partial charge in [-0.3, -0.25) is 9.59 Å². The number of carbonyl (C=O) groups is 2. The van der Waals surface area contributed by atoms with E-state index >= 15 is 0 Å². The van der Waals surface area contributed by atoms with Crippen LogP contribution in [-0.2, 0) is 6.42 Å². The molecule has 0 spiro atoms. The van der Waals surface area contributed by atoms with Gasteiger partial charge in [0.25, 0.3) is 11.8 Å². The van der Waals surface area contributed by atoms with E-state index in [0.29, 0.717) is 22.1 Å². The van der Waals surface area contributed by atoms with Crippen molar-refractivity contribution in [3.05, 3.63) is 97.9 Å². The lowest BCUT2D eigenvalue weighted by Crippen LogP contribution is -2.39. The summed E-state index contributed by atoms with van der Waals surface area (Å²) in [7, 11) is 0. The molecule has 160 valence electrons. The average Bonchev–Trinajstić information content (AvgIpc) is 2.74. The van der Waals surface area contributed by atoms with Gasteiger partial charge in [0.05, 0.1) is 33.8 Å². The van der Waals surface area contributed by atoms with E-state index in [1.54, 1.807) is 48.5 Å². The summed E-state index contributed by atoms with van der Waals surface area (Å²) in [6.45, 7) is -0.209. The summed E-state index contributed by atoms with van der Waals surface area (Å²) in [5.41, 5.74) is 2.17. The molecule has 1 atom stereocenters. The quantitative estimate of drug-likeness (QED) is 0.392. The van der Waals surface area contributed by atoms with E-state index in [-0.39, 0.29) is 28.1 Å². The van der Waals surface area contributed by atoms with Gasteiger partial charge in [0.15, 0.2) is 0 Å². The highest BCUT2D eigenvalue weighted by Gasteiger charge is 2.17. The Morgan fingerprint density at radius 2 is 1.55 bits per heavy atom. The minimum atomic E-state index is -0.457. The molecule has 0 aliphatic heterocycles. The maximum absolute atomic E-state index is 12.5. The number of benzene rings is 3. The number of hydrogen-bond donors (Lipinski definition) is 3. The number of amides is 2. The molecule has 3 aromatic carbocycles. The van der Waals surface area contributed by atoms with Crippen molar-refractivity contribution in [3.8, 4) is 0 Å². The maximum atomic E-state index is 12.5. The summed E-state index contributed by atoms with van der Waals surface area (Å²) in [5.74, 6) is -0.677. The van der Waals surface area contributed by atoms with Crippen LogP contribution in [0.25, 0.3) is 0 Å². The van der Waals surface area contributed by atoms with Gasteiger partial charge < -0.3 is 15.7 Å². The molecule has 0 radical (unpaired) electrons. The molecule has 3 N–H and O–H groups in total. The van der Waals surface area contributed by atoms with Crippen molar-refractivity contribution >= 4 is 56.6 Å². The van der Waals surface area contributed by atoms with Crippen LogP contribution >= 0.6 is 39.1 Å². The third-order valence-electron chi connectivity index (χ3n) is 4.56. The van der Waals surface area contributed by atoms with E-state index in [4.69, 9.17) is 23.2 Å². The van der Waals surface area contributed by atoms with Crippen LogP contribution in [0.15, 0.2) is 71.2 Å². The highest BCUT2D eigenvalue weighted by Crippen LogP contribution is 2.25. The number of anilines is 1. The molecule has 0 saturated carbocycles. The van der Waals surface area contributed by atoms with E-state index < -0.39 is 11.9 Å². The molecule has 3 rings (SSSR count). The zero-order valence-corrected chi connectivity index (χ0v) is 19.3. The largest absolute Gasteiger partial charge is 0.394 e. The predicted molar refractivity (Wildman–Crippen MR) is 127 cm³/mol. The Kier molecular flexibility index (Phi) is 8.09. The number of halogens is 3. The van der Waals surface area contributed by atoms with Crippen LogP contribution in [0.1, 0.15) is 26.3 Å². The molecule has 0 saturated heterocycles. The second kappa shape index (κ2) is 10.8. The smallest absolute Gasteiger partial charge is 0.258 e. The average molecular weight is 522 g/mol. The number of rotatable bonds is 7. The lowest BCUT2D eigenvalue weighted by molar-refractivity contribution is 0.0915. The fraction of sp³-hybridized carbons (Fsp3) is 0.130. The van der Waals surface area contributed by atoms with Gasteiger partial charge in [-0.15, -0.1) is 0 Å². The standard InChI is InChI=1S/C23H19BrCl2N2O3/c24-18-5-2-1-4-17(18)22(30)28-16(13-29)12-14-8-10-15(11-9-14)27-23(31)21-19(25)6-3-7-20(21)26/h1-11,16,29H,12-13H2,(H,27,31)(H,28,30).